The summed E-state index contributed by atoms with van der Waals surface area (Å²) in [5, 5.41) is 0. The Morgan fingerprint density at radius 2 is 2.10 bits per heavy atom. The summed E-state index contributed by atoms with van der Waals surface area (Å²) in [5.41, 5.74) is 9.76. The molecular weight excluding hydrogens is 306 g/mol. The lowest BCUT2D eigenvalue weighted by Gasteiger charge is -2.15. The maximum atomic E-state index is 12.6. The number of fused-ring (bicyclic) bond motifs is 1. The van der Waals surface area contributed by atoms with Gasteiger partial charge in [0.1, 0.15) is 15.2 Å². The zero-order valence-corrected chi connectivity index (χ0v) is 13.2. The summed E-state index contributed by atoms with van der Waals surface area (Å²) in [6.07, 6.45) is 3.17. The first kappa shape index (κ1) is 13.9. The highest BCUT2D eigenvalue weighted by atomic mass is 32.1. The fourth-order valence-electron chi connectivity index (χ4n) is 1.94. The van der Waals surface area contributed by atoms with Crippen LogP contribution in [0.3, 0.4) is 0 Å². The number of thiazole rings is 1. The van der Waals surface area contributed by atoms with Crippen LogP contribution < -0.4 is 5.73 Å². The molecule has 2 N–H and O–H groups in total. The Morgan fingerprint density at radius 1 is 1.33 bits per heavy atom. The Bertz CT molecular complexity index is 810. The van der Waals surface area contributed by atoms with Crippen LogP contribution in [0.4, 0.5) is 5.69 Å². The van der Waals surface area contributed by atoms with E-state index >= 15 is 0 Å². The summed E-state index contributed by atoms with van der Waals surface area (Å²) in [6.45, 7) is 2.45. The van der Waals surface area contributed by atoms with Gasteiger partial charge in [-0.15, -0.1) is 22.7 Å². The number of nitrogens with zero attached hydrogens (tertiary/aromatic N) is 4. The molecule has 0 aromatic carbocycles. The molecule has 0 saturated heterocycles. The quantitative estimate of drug-likeness (QED) is 0.800. The van der Waals surface area contributed by atoms with Gasteiger partial charge in [-0.3, -0.25) is 4.79 Å². The Hall–Kier alpha value is -2.06. The Balaban J connectivity index is 1.89. The largest absolute Gasteiger partial charge is 0.396 e. The van der Waals surface area contributed by atoms with E-state index in [0.29, 0.717) is 27.5 Å². The minimum atomic E-state index is -0.120. The van der Waals surface area contributed by atoms with E-state index in [-0.39, 0.29) is 5.91 Å². The maximum Gasteiger partial charge on any atom is 0.266 e. The number of nitrogen functional groups attached to an aromatic ring is 1. The summed E-state index contributed by atoms with van der Waals surface area (Å²) in [4.78, 5) is 29.0. The molecule has 0 bridgehead atoms. The van der Waals surface area contributed by atoms with E-state index in [1.54, 1.807) is 41.2 Å². The molecule has 21 heavy (non-hydrogen) atoms. The monoisotopic (exact) mass is 319 g/mol. The Morgan fingerprint density at radius 3 is 2.76 bits per heavy atom. The van der Waals surface area contributed by atoms with Crippen molar-refractivity contribution in [3.8, 4) is 0 Å². The van der Waals surface area contributed by atoms with Gasteiger partial charge in [0.05, 0.1) is 23.4 Å². The number of anilines is 1. The molecule has 1 amide bonds. The normalized spacial score (nSPS) is 11.0. The van der Waals surface area contributed by atoms with Crippen molar-refractivity contribution in [3.05, 3.63) is 33.4 Å². The number of aryl methyl sites for hydroxylation is 1. The fourth-order valence-corrected chi connectivity index (χ4v) is 3.79. The highest BCUT2D eigenvalue weighted by Crippen LogP contribution is 2.31. The Kier molecular flexibility index (Phi) is 3.56. The number of nitrogens with two attached hydrogens (primary N) is 1. The van der Waals surface area contributed by atoms with Gasteiger partial charge in [0.25, 0.3) is 5.91 Å². The first-order valence-electron chi connectivity index (χ1n) is 6.21. The van der Waals surface area contributed by atoms with Crippen molar-refractivity contribution in [1.29, 1.82) is 0 Å². The van der Waals surface area contributed by atoms with Gasteiger partial charge in [-0.25, -0.2) is 15.0 Å². The van der Waals surface area contributed by atoms with Crippen LogP contribution in [-0.2, 0) is 6.54 Å². The lowest BCUT2D eigenvalue weighted by atomic mass is 10.3. The highest BCUT2D eigenvalue weighted by molar-refractivity contribution is 7.21. The highest BCUT2D eigenvalue weighted by Gasteiger charge is 2.21. The third-order valence-corrected chi connectivity index (χ3v) is 5.14. The topological polar surface area (TPSA) is 85.0 Å². The van der Waals surface area contributed by atoms with Crippen LogP contribution in [0.1, 0.15) is 20.2 Å². The van der Waals surface area contributed by atoms with E-state index in [9.17, 15) is 4.79 Å². The number of thiophene rings is 1. The van der Waals surface area contributed by atoms with E-state index < -0.39 is 0 Å². The second-order valence-corrected chi connectivity index (χ2v) is 6.52. The first-order chi connectivity index (χ1) is 10.1. The van der Waals surface area contributed by atoms with Crippen molar-refractivity contribution < 1.29 is 4.79 Å². The Labute approximate surface area is 129 Å². The van der Waals surface area contributed by atoms with Crippen molar-refractivity contribution in [1.82, 2.24) is 19.9 Å². The number of rotatable bonds is 3. The summed E-state index contributed by atoms with van der Waals surface area (Å²) in [5.74, 6) is -0.120. The molecule has 0 fully saturated rings. The van der Waals surface area contributed by atoms with Crippen LogP contribution in [0.25, 0.3) is 10.3 Å². The molecule has 0 aliphatic rings. The van der Waals surface area contributed by atoms with Crippen LogP contribution in [0.15, 0.2) is 17.9 Å². The van der Waals surface area contributed by atoms with E-state index in [4.69, 9.17) is 5.73 Å². The van der Waals surface area contributed by atoms with Gasteiger partial charge in [-0.2, -0.15) is 0 Å². The van der Waals surface area contributed by atoms with Crippen molar-refractivity contribution in [2.24, 2.45) is 0 Å². The van der Waals surface area contributed by atoms with Crippen LogP contribution >= 0.6 is 22.7 Å². The summed E-state index contributed by atoms with van der Waals surface area (Å²) in [7, 11) is 1.76. The zero-order chi connectivity index (χ0) is 15.0. The minimum absolute atomic E-state index is 0.120. The number of aromatic nitrogens is 3. The van der Waals surface area contributed by atoms with Gasteiger partial charge in [0.2, 0.25) is 0 Å². The predicted octanol–water partition coefficient (Wildman–Crippen LogP) is 2.31. The molecule has 0 spiro atoms. The molecule has 8 heteroatoms. The van der Waals surface area contributed by atoms with Crippen LogP contribution in [-0.4, -0.2) is 32.8 Å². The van der Waals surface area contributed by atoms with Crippen molar-refractivity contribution in [3.63, 3.8) is 0 Å². The van der Waals surface area contributed by atoms with Crippen LogP contribution in [0, 0.1) is 6.92 Å². The van der Waals surface area contributed by atoms with E-state index in [1.165, 1.54) is 11.3 Å². The van der Waals surface area contributed by atoms with Gasteiger partial charge >= 0.3 is 0 Å². The average Bonchev–Trinajstić information content (AvgIpc) is 3.03. The van der Waals surface area contributed by atoms with E-state index in [1.807, 2.05) is 6.92 Å². The molecule has 0 aliphatic heterocycles. The van der Waals surface area contributed by atoms with Crippen LogP contribution in [0.2, 0.25) is 0 Å². The number of hydrogen-bond donors (Lipinski definition) is 1. The van der Waals surface area contributed by atoms with Crippen LogP contribution in [0.5, 0.6) is 0 Å². The van der Waals surface area contributed by atoms with Gasteiger partial charge in [0.15, 0.2) is 0 Å². The van der Waals surface area contributed by atoms with Crippen molar-refractivity contribution in [2.75, 3.05) is 12.8 Å². The van der Waals surface area contributed by atoms with E-state index in [2.05, 4.69) is 15.0 Å². The van der Waals surface area contributed by atoms with Gasteiger partial charge in [0, 0.05) is 24.3 Å². The summed E-state index contributed by atoms with van der Waals surface area (Å²) >= 11 is 2.82. The molecule has 0 aliphatic carbocycles. The first-order valence-corrected chi connectivity index (χ1v) is 7.91. The lowest BCUT2D eigenvalue weighted by molar-refractivity contribution is 0.0792. The third-order valence-electron chi connectivity index (χ3n) is 3.13. The molecule has 0 radical (unpaired) electrons. The van der Waals surface area contributed by atoms with Gasteiger partial charge in [-0.05, 0) is 6.92 Å². The number of carbonyl (C=O) groups is 1. The molecule has 6 nitrogen and oxygen atoms in total. The predicted molar refractivity (Wildman–Crippen MR) is 84.5 cm³/mol. The smallest absolute Gasteiger partial charge is 0.266 e. The van der Waals surface area contributed by atoms with Gasteiger partial charge in [-0.1, -0.05) is 0 Å². The molecular formula is C13H13N5OS2. The van der Waals surface area contributed by atoms with E-state index in [0.717, 1.165) is 10.6 Å². The maximum absolute atomic E-state index is 12.6. The standard InChI is InChI=1S/C13H13N5OS2/c1-7-8(20-6-17-7)5-18(2)13(19)11-9(14)10-12(21-11)16-4-3-15-10/h3-4,6H,5,14H2,1-2H3. The molecule has 3 aromatic rings. The minimum Gasteiger partial charge on any atom is -0.396 e. The molecule has 3 aromatic heterocycles. The SMILES string of the molecule is Cc1ncsc1CN(C)C(=O)c1sc2nccnc2c1N. The number of amides is 1. The third kappa shape index (κ3) is 2.47. The fraction of sp³-hybridized carbons (Fsp3) is 0.231. The van der Waals surface area contributed by atoms with Crippen molar-refractivity contribution >= 4 is 44.6 Å². The second kappa shape index (κ2) is 5.38. The molecule has 0 unspecified atom stereocenters. The molecule has 3 heterocycles. The van der Waals surface area contributed by atoms with Gasteiger partial charge < -0.3 is 10.6 Å². The molecule has 108 valence electrons. The number of hydrogen-bond acceptors (Lipinski definition) is 7. The number of carbonyl (C=O) groups excluding carboxylic acids is 1. The average molecular weight is 319 g/mol. The molecule has 3 rings (SSSR count). The van der Waals surface area contributed by atoms with Crippen molar-refractivity contribution in [2.45, 2.75) is 13.5 Å². The zero-order valence-electron chi connectivity index (χ0n) is 11.5. The summed E-state index contributed by atoms with van der Waals surface area (Å²) < 4.78 is 0. The molecule has 0 saturated carbocycles. The molecule has 0 atom stereocenters. The lowest BCUT2D eigenvalue weighted by Crippen LogP contribution is -2.26. The summed E-state index contributed by atoms with van der Waals surface area (Å²) in [6, 6.07) is 0. The second-order valence-electron chi connectivity index (χ2n) is 4.58.